The maximum Gasteiger partial charge on any atom is 0.326 e. The van der Waals surface area contributed by atoms with E-state index < -0.39 is 0 Å². The molecule has 0 aromatic heterocycles. The van der Waals surface area contributed by atoms with Gasteiger partial charge in [0.15, 0.2) is 0 Å². The van der Waals surface area contributed by atoms with E-state index in [0.717, 1.165) is 10.6 Å². The second kappa shape index (κ2) is 7.05. The number of carbonyl (C=O) groups is 1. The van der Waals surface area contributed by atoms with Gasteiger partial charge in [0.25, 0.3) is 0 Å². The van der Waals surface area contributed by atoms with Gasteiger partial charge in [-0.3, -0.25) is 4.90 Å². The van der Waals surface area contributed by atoms with Gasteiger partial charge >= 0.3 is 6.03 Å². The van der Waals surface area contributed by atoms with Crippen LogP contribution in [0.4, 0.5) is 16.2 Å². The quantitative estimate of drug-likeness (QED) is 0.905. The number of thioether (sulfide) groups is 1. The van der Waals surface area contributed by atoms with Crippen molar-refractivity contribution in [2.75, 3.05) is 31.0 Å². The zero-order valence-electron chi connectivity index (χ0n) is 13.9. The summed E-state index contributed by atoms with van der Waals surface area (Å²) < 4.78 is 10.5. The van der Waals surface area contributed by atoms with Gasteiger partial charge in [0.2, 0.25) is 0 Å². The van der Waals surface area contributed by atoms with Crippen LogP contribution in [0, 0.1) is 0 Å². The average Bonchev–Trinajstić information content (AvgIpc) is 2.60. The van der Waals surface area contributed by atoms with Crippen molar-refractivity contribution in [3.8, 4) is 11.5 Å². The van der Waals surface area contributed by atoms with Crippen molar-refractivity contribution in [1.82, 2.24) is 0 Å². The third-order valence-corrected chi connectivity index (χ3v) is 4.92. The van der Waals surface area contributed by atoms with Gasteiger partial charge in [-0.05, 0) is 12.1 Å². The zero-order chi connectivity index (χ0) is 17.1. The number of nitrogens with one attached hydrogen (secondary N) is 1. The van der Waals surface area contributed by atoms with Crippen LogP contribution < -0.4 is 19.7 Å². The largest absolute Gasteiger partial charge is 0.497 e. The van der Waals surface area contributed by atoms with Crippen LogP contribution in [0.2, 0.25) is 0 Å². The number of carbonyl (C=O) groups excluding carboxylic acids is 1. The van der Waals surface area contributed by atoms with Crippen LogP contribution in [0.5, 0.6) is 11.5 Å². The van der Waals surface area contributed by atoms with E-state index in [2.05, 4.69) is 12.2 Å². The van der Waals surface area contributed by atoms with Crippen LogP contribution in [0.3, 0.4) is 0 Å². The number of para-hydroxylation sites is 1. The number of methoxy groups -OCH3 is 2. The molecule has 2 amide bonds. The third-order valence-electron chi connectivity index (χ3n) is 3.77. The Morgan fingerprint density at radius 1 is 1.17 bits per heavy atom. The molecule has 0 saturated carbocycles. The monoisotopic (exact) mass is 344 g/mol. The van der Waals surface area contributed by atoms with Crippen molar-refractivity contribution in [2.24, 2.45) is 0 Å². The lowest BCUT2D eigenvalue weighted by atomic mass is 10.2. The minimum atomic E-state index is -0.162. The Morgan fingerprint density at radius 3 is 2.50 bits per heavy atom. The summed E-state index contributed by atoms with van der Waals surface area (Å²) in [5.41, 5.74) is 1.58. The predicted molar refractivity (Wildman–Crippen MR) is 97.7 cm³/mol. The first kappa shape index (κ1) is 16.5. The van der Waals surface area contributed by atoms with Crippen LogP contribution in [0.1, 0.15) is 6.92 Å². The van der Waals surface area contributed by atoms with Gasteiger partial charge in [0, 0.05) is 40.6 Å². The lowest BCUT2D eigenvalue weighted by molar-refractivity contribution is 0.256. The molecule has 1 heterocycles. The molecule has 0 unspecified atom stereocenters. The highest BCUT2D eigenvalue weighted by Crippen LogP contribution is 2.38. The molecule has 6 heteroatoms. The number of anilines is 2. The Balaban J connectivity index is 1.85. The van der Waals surface area contributed by atoms with Crippen molar-refractivity contribution in [1.29, 1.82) is 0 Å². The second-order valence-electron chi connectivity index (χ2n) is 5.54. The van der Waals surface area contributed by atoms with Gasteiger partial charge in [0.1, 0.15) is 11.5 Å². The third kappa shape index (κ3) is 3.43. The first-order valence-electron chi connectivity index (χ1n) is 7.68. The molecule has 126 valence electrons. The van der Waals surface area contributed by atoms with E-state index in [4.69, 9.17) is 9.47 Å². The van der Waals surface area contributed by atoms with E-state index in [1.54, 1.807) is 49.1 Å². The number of hydrogen-bond acceptors (Lipinski definition) is 4. The lowest BCUT2D eigenvalue weighted by Crippen LogP contribution is -2.41. The topological polar surface area (TPSA) is 50.8 Å². The Bertz CT molecular complexity index is 729. The SMILES string of the molecule is COc1cc(NC(=O)N2C[C@H](C)Sc3ccccc32)cc(OC)c1. The number of fused-ring (bicyclic) bond motifs is 1. The van der Waals surface area contributed by atoms with E-state index in [-0.39, 0.29) is 6.03 Å². The number of ether oxygens (including phenoxy) is 2. The number of urea groups is 1. The predicted octanol–water partition coefficient (Wildman–Crippen LogP) is 4.24. The summed E-state index contributed by atoms with van der Waals surface area (Å²) >= 11 is 1.79. The van der Waals surface area contributed by atoms with Gasteiger partial charge < -0.3 is 14.8 Å². The summed E-state index contributed by atoms with van der Waals surface area (Å²) in [6.45, 7) is 2.78. The van der Waals surface area contributed by atoms with E-state index in [0.29, 0.717) is 29.0 Å². The normalized spacial score (nSPS) is 16.3. The minimum absolute atomic E-state index is 0.162. The summed E-state index contributed by atoms with van der Waals surface area (Å²) in [6.07, 6.45) is 0. The lowest BCUT2D eigenvalue weighted by Gasteiger charge is -2.32. The van der Waals surface area contributed by atoms with Crippen molar-refractivity contribution in [2.45, 2.75) is 17.1 Å². The highest BCUT2D eigenvalue weighted by molar-refractivity contribution is 8.00. The number of nitrogens with zero attached hydrogens (tertiary/aromatic N) is 1. The first-order chi connectivity index (χ1) is 11.6. The van der Waals surface area contributed by atoms with E-state index >= 15 is 0 Å². The Kier molecular flexibility index (Phi) is 4.85. The van der Waals surface area contributed by atoms with Crippen LogP contribution in [-0.2, 0) is 0 Å². The smallest absolute Gasteiger partial charge is 0.326 e. The fourth-order valence-corrected chi connectivity index (χ4v) is 3.77. The molecule has 1 atom stereocenters. The molecule has 0 aliphatic carbocycles. The maximum absolute atomic E-state index is 12.8. The fraction of sp³-hybridized carbons (Fsp3) is 0.278. The molecule has 1 aliphatic rings. The van der Waals surface area contributed by atoms with Crippen LogP contribution in [0.15, 0.2) is 47.4 Å². The molecular weight excluding hydrogens is 324 g/mol. The highest BCUT2D eigenvalue weighted by Gasteiger charge is 2.26. The van der Waals surface area contributed by atoms with Crippen LogP contribution >= 0.6 is 11.8 Å². The molecule has 0 bridgehead atoms. The van der Waals surface area contributed by atoms with Gasteiger partial charge in [-0.1, -0.05) is 19.1 Å². The molecule has 0 fully saturated rings. The molecule has 24 heavy (non-hydrogen) atoms. The molecule has 0 spiro atoms. The van der Waals surface area contributed by atoms with Crippen molar-refractivity contribution >= 4 is 29.2 Å². The Labute approximate surface area is 145 Å². The molecule has 1 N–H and O–H groups in total. The Hall–Kier alpha value is -2.34. The molecule has 3 rings (SSSR count). The van der Waals surface area contributed by atoms with Crippen LogP contribution in [0.25, 0.3) is 0 Å². The zero-order valence-corrected chi connectivity index (χ0v) is 14.7. The number of amides is 2. The number of rotatable bonds is 3. The van der Waals surface area contributed by atoms with Gasteiger partial charge in [-0.2, -0.15) is 0 Å². The number of benzene rings is 2. The molecule has 2 aromatic carbocycles. The molecule has 5 nitrogen and oxygen atoms in total. The van der Waals surface area contributed by atoms with Gasteiger partial charge in [-0.15, -0.1) is 11.8 Å². The van der Waals surface area contributed by atoms with Crippen molar-refractivity contribution in [3.05, 3.63) is 42.5 Å². The average molecular weight is 344 g/mol. The van der Waals surface area contributed by atoms with Crippen molar-refractivity contribution in [3.63, 3.8) is 0 Å². The molecule has 0 saturated heterocycles. The first-order valence-corrected chi connectivity index (χ1v) is 8.56. The summed E-state index contributed by atoms with van der Waals surface area (Å²) in [5, 5.41) is 3.28. The van der Waals surface area contributed by atoms with Crippen LogP contribution in [-0.4, -0.2) is 32.0 Å². The highest BCUT2D eigenvalue weighted by atomic mass is 32.2. The van der Waals surface area contributed by atoms with Gasteiger partial charge in [0.05, 0.1) is 19.9 Å². The summed E-state index contributed by atoms with van der Waals surface area (Å²) in [5.74, 6) is 1.26. The molecular formula is C18H20N2O3S. The van der Waals surface area contributed by atoms with E-state index in [1.807, 2.05) is 24.3 Å². The van der Waals surface area contributed by atoms with Crippen molar-refractivity contribution < 1.29 is 14.3 Å². The molecule has 1 aliphatic heterocycles. The Morgan fingerprint density at radius 2 is 1.83 bits per heavy atom. The fourth-order valence-electron chi connectivity index (χ4n) is 2.65. The number of hydrogen-bond donors (Lipinski definition) is 1. The molecule has 2 aromatic rings. The summed E-state index contributed by atoms with van der Waals surface area (Å²) in [7, 11) is 3.17. The minimum Gasteiger partial charge on any atom is -0.497 e. The molecule has 0 radical (unpaired) electrons. The van der Waals surface area contributed by atoms with Gasteiger partial charge in [-0.25, -0.2) is 4.79 Å². The maximum atomic E-state index is 12.8. The standard InChI is InChI=1S/C18H20N2O3S/c1-12-11-20(16-6-4-5-7-17(16)24-12)18(21)19-13-8-14(22-2)10-15(9-13)23-3/h4-10,12H,11H2,1-3H3,(H,19,21)/t12-/m0/s1. The summed E-state index contributed by atoms with van der Waals surface area (Å²) in [4.78, 5) is 15.7. The second-order valence-corrected chi connectivity index (χ2v) is 7.02. The van der Waals surface area contributed by atoms with E-state index in [9.17, 15) is 4.79 Å². The van der Waals surface area contributed by atoms with E-state index in [1.165, 1.54) is 0 Å². The summed E-state index contributed by atoms with van der Waals surface area (Å²) in [6, 6.07) is 13.1.